The first kappa shape index (κ1) is 20.4. The molecule has 1 aromatic carbocycles. The molecule has 1 heterocycles. The Morgan fingerprint density at radius 2 is 2.00 bits per heavy atom. The molecule has 25 heavy (non-hydrogen) atoms. The van der Waals surface area contributed by atoms with Crippen molar-refractivity contribution in [3.8, 4) is 5.75 Å². The zero-order valence-electron chi connectivity index (χ0n) is 14.2. The molecule has 0 unspecified atom stereocenters. The van der Waals surface area contributed by atoms with E-state index in [2.05, 4.69) is 10.3 Å². The molecule has 0 aliphatic heterocycles. The van der Waals surface area contributed by atoms with Gasteiger partial charge in [-0.25, -0.2) is 4.79 Å². The summed E-state index contributed by atoms with van der Waals surface area (Å²) in [6.45, 7) is 4.05. The van der Waals surface area contributed by atoms with E-state index in [0.29, 0.717) is 11.3 Å². The van der Waals surface area contributed by atoms with Crippen LogP contribution in [0.25, 0.3) is 0 Å². The van der Waals surface area contributed by atoms with E-state index in [-0.39, 0.29) is 38.1 Å². The average Bonchev–Trinajstić information content (AvgIpc) is 2.58. The number of benzene rings is 1. The zero-order chi connectivity index (χ0) is 17.4. The van der Waals surface area contributed by atoms with E-state index >= 15 is 0 Å². The van der Waals surface area contributed by atoms with Gasteiger partial charge < -0.3 is 14.8 Å². The molecule has 7 heteroatoms. The van der Waals surface area contributed by atoms with Crippen molar-refractivity contribution in [2.24, 2.45) is 0 Å². The lowest BCUT2D eigenvalue weighted by atomic mass is 10.1. The number of hydrogen-bond donors (Lipinski definition) is 1. The van der Waals surface area contributed by atoms with Gasteiger partial charge >= 0.3 is 5.97 Å². The predicted octanol–water partition coefficient (Wildman–Crippen LogP) is 2.47. The number of esters is 1. The van der Waals surface area contributed by atoms with E-state index in [1.165, 1.54) is 6.20 Å². The highest BCUT2D eigenvalue weighted by Gasteiger charge is 2.08. The Morgan fingerprint density at radius 1 is 1.20 bits per heavy atom. The van der Waals surface area contributed by atoms with Gasteiger partial charge in [0.15, 0.2) is 6.61 Å². The molecule has 0 spiro atoms. The number of carbonyl (C=O) groups excluding carboxylic acids is 2. The summed E-state index contributed by atoms with van der Waals surface area (Å²) in [6.07, 6.45) is 3.06. The summed E-state index contributed by atoms with van der Waals surface area (Å²) in [5.74, 6) is -0.0845. The van der Waals surface area contributed by atoms with E-state index in [0.717, 1.165) is 11.1 Å². The summed E-state index contributed by atoms with van der Waals surface area (Å²) in [7, 11) is 0. The van der Waals surface area contributed by atoms with Crippen molar-refractivity contribution >= 4 is 24.3 Å². The fourth-order valence-corrected chi connectivity index (χ4v) is 2.07. The largest absolute Gasteiger partial charge is 0.482 e. The van der Waals surface area contributed by atoms with Crippen LogP contribution >= 0.6 is 12.4 Å². The Bertz CT molecular complexity index is 707. The zero-order valence-corrected chi connectivity index (χ0v) is 15.0. The topological polar surface area (TPSA) is 77.5 Å². The van der Waals surface area contributed by atoms with Crippen molar-refractivity contribution in [3.05, 3.63) is 59.4 Å². The number of ether oxygens (including phenoxy) is 2. The second-order valence-electron chi connectivity index (χ2n) is 5.28. The first-order valence-electron chi connectivity index (χ1n) is 7.60. The van der Waals surface area contributed by atoms with Crippen LogP contribution in [0.1, 0.15) is 21.5 Å². The smallest absolute Gasteiger partial charge is 0.344 e. The summed E-state index contributed by atoms with van der Waals surface area (Å²) in [4.78, 5) is 27.3. The fraction of sp³-hybridized carbons (Fsp3) is 0.278. The number of carbonyl (C=O) groups is 2. The Balaban J connectivity index is 0.00000312. The molecule has 0 bridgehead atoms. The summed E-state index contributed by atoms with van der Waals surface area (Å²) < 4.78 is 10.5. The summed E-state index contributed by atoms with van der Waals surface area (Å²) in [5.41, 5.74) is 2.56. The highest BCUT2D eigenvalue weighted by Crippen LogP contribution is 2.18. The fourth-order valence-electron chi connectivity index (χ4n) is 2.07. The number of rotatable bonds is 7. The van der Waals surface area contributed by atoms with Gasteiger partial charge in [0.2, 0.25) is 0 Å². The van der Waals surface area contributed by atoms with E-state index in [9.17, 15) is 9.59 Å². The van der Waals surface area contributed by atoms with Gasteiger partial charge in [0, 0.05) is 12.4 Å². The molecule has 2 aromatic rings. The second kappa shape index (κ2) is 10.3. The predicted molar refractivity (Wildman–Crippen MR) is 96.2 cm³/mol. The normalized spacial score (nSPS) is 9.68. The summed E-state index contributed by atoms with van der Waals surface area (Å²) in [6, 6.07) is 9.06. The Hall–Kier alpha value is -2.60. The average molecular weight is 365 g/mol. The molecule has 134 valence electrons. The second-order valence-corrected chi connectivity index (χ2v) is 5.28. The van der Waals surface area contributed by atoms with Crippen molar-refractivity contribution in [3.63, 3.8) is 0 Å². The van der Waals surface area contributed by atoms with Crippen LogP contribution in [0.3, 0.4) is 0 Å². The Morgan fingerprint density at radius 3 is 2.68 bits per heavy atom. The van der Waals surface area contributed by atoms with Crippen LogP contribution in [0.2, 0.25) is 0 Å². The lowest BCUT2D eigenvalue weighted by Crippen LogP contribution is -2.29. The number of nitrogens with zero attached hydrogens (tertiary/aromatic N) is 1. The number of pyridine rings is 1. The van der Waals surface area contributed by atoms with E-state index in [4.69, 9.17) is 9.47 Å². The van der Waals surface area contributed by atoms with Gasteiger partial charge in [-0.15, -0.1) is 12.4 Å². The lowest BCUT2D eigenvalue weighted by molar-refractivity contribution is -0.145. The van der Waals surface area contributed by atoms with Crippen molar-refractivity contribution < 1.29 is 19.1 Å². The van der Waals surface area contributed by atoms with Crippen LogP contribution in [0.15, 0.2) is 42.7 Å². The SMILES string of the molecule is Cc1ccc(OCC(=O)OCCNC(=O)c2cccnc2)c(C)c1.Cl. The first-order chi connectivity index (χ1) is 11.6. The number of halogens is 1. The van der Waals surface area contributed by atoms with Gasteiger partial charge in [0.1, 0.15) is 12.4 Å². The third-order valence-corrected chi connectivity index (χ3v) is 3.25. The summed E-state index contributed by atoms with van der Waals surface area (Å²) in [5, 5.41) is 2.65. The maximum absolute atomic E-state index is 11.7. The molecule has 0 saturated heterocycles. The van der Waals surface area contributed by atoms with Crippen LogP contribution in [0.5, 0.6) is 5.75 Å². The monoisotopic (exact) mass is 364 g/mol. The third kappa shape index (κ3) is 6.81. The Kier molecular flexibility index (Phi) is 8.43. The van der Waals surface area contributed by atoms with Crippen molar-refractivity contribution in [2.75, 3.05) is 19.8 Å². The number of nitrogens with one attached hydrogen (secondary N) is 1. The molecule has 6 nitrogen and oxygen atoms in total. The molecule has 0 fully saturated rings. The van der Waals surface area contributed by atoms with E-state index < -0.39 is 5.97 Å². The molecule has 0 atom stereocenters. The maximum atomic E-state index is 11.7. The quantitative estimate of drug-likeness (QED) is 0.603. The first-order valence-corrected chi connectivity index (χ1v) is 7.60. The van der Waals surface area contributed by atoms with Gasteiger partial charge in [-0.1, -0.05) is 17.7 Å². The van der Waals surface area contributed by atoms with Crippen LogP contribution in [0.4, 0.5) is 0 Å². The van der Waals surface area contributed by atoms with Gasteiger partial charge in [0.05, 0.1) is 12.1 Å². The molecule has 1 N–H and O–H groups in total. The Labute approximate surface area is 153 Å². The third-order valence-electron chi connectivity index (χ3n) is 3.25. The van der Waals surface area contributed by atoms with Crippen molar-refractivity contribution in [1.29, 1.82) is 0 Å². The van der Waals surface area contributed by atoms with E-state index in [1.807, 2.05) is 32.0 Å². The highest BCUT2D eigenvalue weighted by atomic mass is 35.5. The minimum absolute atomic E-state index is 0. The molecule has 1 aromatic heterocycles. The van der Waals surface area contributed by atoms with Gasteiger partial charge in [-0.3, -0.25) is 9.78 Å². The van der Waals surface area contributed by atoms with Crippen LogP contribution in [-0.4, -0.2) is 36.6 Å². The minimum Gasteiger partial charge on any atom is -0.482 e. The molecular weight excluding hydrogens is 344 g/mol. The van der Waals surface area contributed by atoms with Crippen LogP contribution in [-0.2, 0) is 9.53 Å². The maximum Gasteiger partial charge on any atom is 0.344 e. The number of aryl methyl sites for hydroxylation is 2. The molecule has 0 radical (unpaired) electrons. The molecule has 2 rings (SSSR count). The number of amides is 1. The number of hydrogen-bond acceptors (Lipinski definition) is 5. The standard InChI is InChI=1S/C18H20N2O4.ClH/c1-13-5-6-16(14(2)10-13)24-12-17(21)23-9-8-20-18(22)15-4-3-7-19-11-15;/h3-7,10-11H,8-9,12H2,1-2H3,(H,20,22);1H. The molecule has 1 amide bonds. The van der Waals surface area contributed by atoms with Crippen LogP contribution < -0.4 is 10.1 Å². The molecule has 0 saturated carbocycles. The van der Waals surface area contributed by atoms with Crippen molar-refractivity contribution in [1.82, 2.24) is 10.3 Å². The van der Waals surface area contributed by atoms with Gasteiger partial charge in [0.25, 0.3) is 5.91 Å². The molecular formula is C18H21ClN2O4. The highest BCUT2D eigenvalue weighted by molar-refractivity contribution is 5.93. The molecule has 0 aliphatic rings. The van der Waals surface area contributed by atoms with Gasteiger partial charge in [-0.2, -0.15) is 0 Å². The summed E-state index contributed by atoms with van der Waals surface area (Å²) >= 11 is 0. The minimum atomic E-state index is -0.481. The van der Waals surface area contributed by atoms with Gasteiger partial charge in [-0.05, 0) is 37.6 Å². The molecule has 0 aliphatic carbocycles. The van der Waals surface area contributed by atoms with Crippen LogP contribution in [0, 0.1) is 13.8 Å². The number of aromatic nitrogens is 1. The lowest BCUT2D eigenvalue weighted by Gasteiger charge is -2.10. The van der Waals surface area contributed by atoms with Crippen molar-refractivity contribution in [2.45, 2.75) is 13.8 Å². The van der Waals surface area contributed by atoms with E-state index in [1.54, 1.807) is 18.3 Å².